The van der Waals surface area contributed by atoms with Gasteiger partial charge in [-0.3, -0.25) is 11.7 Å². The van der Waals surface area contributed by atoms with Crippen LogP contribution in [0.4, 0.5) is 0 Å². The van der Waals surface area contributed by atoms with Crippen LogP contribution >= 0.6 is 0 Å². The Kier molecular flexibility index (Phi) is 678. The third-order valence-electron chi connectivity index (χ3n) is 0.299. The number of nitrogens with zero attached hydrogens (tertiary/aromatic N) is 11. The summed E-state index contributed by atoms with van der Waals surface area (Å²) in [6.07, 6.45) is 0. The quantitative estimate of drug-likeness (QED) is 0.0437. The maximum atomic E-state index is 7.15. The van der Waals surface area contributed by atoms with Gasteiger partial charge in [0.2, 0.25) is 4.24 Å². The molecule has 0 aromatic rings. The van der Waals surface area contributed by atoms with Crippen molar-refractivity contribution < 1.29 is 535 Å². The van der Waals surface area contributed by atoms with Crippen LogP contribution in [0, 0.1) is 5.52 Å². The molecular weight excluding hydrogens is 855 g/mol. The van der Waals surface area contributed by atoms with Gasteiger partial charge >= 0.3 is 514 Å². The van der Waals surface area contributed by atoms with E-state index in [0.29, 0.717) is 0 Å². The molecule has 0 amide bonds. The van der Waals surface area contributed by atoms with E-state index in [1.165, 1.54) is 5.84 Å². The average Bonchev–Trinajstić information content (AvgIpc) is 2.82. The molecule has 45 heavy (non-hydrogen) atoms. The smallest absolute Gasteiger partial charge is 1.00 e. The van der Waals surface area contributed by atoms with E-state index in [9.17, 15) is 0 Å². The zero-order valence-corrected chi connectivity index (χ0v) is 51.3. The van der Waals surface area contributed by atoms with Crippen molar-refractivity contribution in [3.8, 4) is 0 Å². The fourth-order valence-electron chi connectivity index (χ4n) is 0.0579. The summed E-state index contributed by atoms with van der Waals surface area (Å²) in [4.78, 5) is 0. The molecule has 0 aliphatic heterocycles. The molecule has 0 aliphatic rings. The van der Waals surface area contributed by atoms with E-state index in [2.05, 4.69) is 42.7 Å². The van der Waals surface area contributed by atoms with Crippen LogP contribution in [0.5, 0.6) is 0 Å². The molecule has 16 N–H and O–H groups in total. The molecular formula is C13H72K10N22+2. The van der Waals surface area contributed by atoms with E-state index in [1.54, 1.807) is 5.84 Å². The third kappa shape index (κ3) is 429. The maximum Gasteiger partial charge on any atom is 1.00 e. The molecule has 0 rings (SSSR count). The van der Waals surface area contributed by atoms with Gasteiger partial charge in [-0.1, -0.05) is 102 Å². The SMILES string of the molecule is C.C.C.C.C.C.C.C.C.C.C.C.C.[2HH].[2H]N([2H])N([2H])N([2H])[2H].[2H]N=N/N=N/N([2H])N[2H].[2H]NN([2H])/N=N/N([2H])[2H].[H-].[H-].[K+].[K+].[K+].[K+].[K+].[K+].[K+].[K+].[K+].[K+].[N-]=N[N-][NH-].[N-]=N[N-][NH-]. The second kappa shape index (κ2) is 285. The summed E-state index contributed by atoms with van der Waals surface area (Å²) in [5, 5.41) is 18.0. The Morgan fingerprint density at radius 1 is 0.644 bits per heavy atom. The summed E-state index contributed by atoms with van der Waals surface area (Å²) >= 11 is 0. The van der Waals surface area contributed by atoms with E-state index in [1.807, 2.05) is 10.4 Å². The Morgan fingerprint density at radius 2 is 0.911 bits per heavy atom. The van der Waals surface area contributed by atoms with Crippen molar-refractivity contribution in [2.75, 3.05) is 0 Å². The Hall–Kier alpha value is 13.1. The van der Waals surface area contributed by atoms with E-state index >= 15 is 0 Å². The van der Waals surface area contributed by atoms with E-state index in [0.717, 1.165) is 0 Å². The monoisotopic (exact) mass is 939 g/mol. The standard InChI is InChI=1S/13CH4.10K.H4N6.H5N5.2HN4.H5N3.H2.2H/c;;;;;;;;;;;;;;;;;;;;;;;1-3-5-6-4-2;1-3-5-4-2;2*1-3-4-2;1-3-2;;;/h13*1H4;;;;;;;;;;;(H2,1,4,5)(H2,2,3,6);(H,3,4)(H4,1,2,5);2*(H-3,1,2,3,4);3H,1-2H2;1H;;/q;;;;;;;;;;;;;10*+1;;;2*-3;;;2*-1/i;;;;;;;;;;;;;;;;;;;;;;;;;;;;1+1;;/hD12. The molecule has 0 saturated heterocycles. The normalized spacial score (nSPS) is 7.67. The number of rotatable bonds is 10. The van der Waals surface area contributed by atoms with Gasteiger partial charge in [-0.05, 0) is 20.9 Å². The molecule has 0 unspecified atom stereocenters. The molecule has 0 aliphatic carbocycles. The molecule has 0 fully saturated rings. The van der Waals surface area contributed by atoms with Crippen LogP contribution in [0.2, 0.25) is 16.9 Å². The number of hydrogen-bond acceptors (Lipinski definition) is 11. The molecule has 0 saturated carbocycles. The van der Waals surface area contributed by atoms with Crippen LogP contribution in [-0.4, -0.2) is 0 Å². The van der Waals surface area contributed by atoms with Crippen molar-refractivity contribution in [2.45, 2.75) is 96.5 Å². The molecule has 0 aromatic heterocycles. The fourth-order valence-corrected chi connectivity index (χ4v) is 0.0579. The summed E-state index contributed by atoms with van der Waals surface area (Å²) in [6, 6.07) is 0. The van der Waals surface area contributed by atoms with E-state index in [4.69, 9.17) is 39.7 Å². The zero-order chi connectivity index (χ0) is 27.9. The van der Waals surface area contributed by atoms with Gasteiger partial charge in [0.05, 0.1) is 0 Å². The van der Waals surface area contributed by atoms with Crippen LogP contribution in [0.15, 0.2) is 36.6 Å². The van der Waals surface area contributed by atoms with E-state index in [-0.39, 0.29) is 649 Å². The third-order valence-corrected chi connectivity index (χ3v) is 0.299. The molecule has 0 heterocycles. The zero-order valence-electron chi connectivity index (χ0n) is 34.0. The minimum Gasteiger partial charge on any atom is -1.00 e. The van der Waals surface area contributed by atoms with Crippen LogP contribution in [0.25, 0.3) is 33.8 Å². The van der Waals surface area contributed by atoms with Gasteiger partial charge in [-0.15, -0.1) is 0 Å². The molecule has 0 radical (unpaired) electrons. The molecule has 0 bridgehead atoms. The number of nitrogens with one attached hydrogen (secondary N) is 6. The minimum absolute atomic E-state index is 0. The van der Waals surface area contributed by atoms with Gasteiger partial charge in [0.15, 0.2) is 4.24 Å². The second-order valence-corrected chi connectivity index (χ2v) is 1.12. The minimum atomic E-state index is -0.208. The predicted octanol–water partition coefficient (Wildman–Crippen LogP) is -21.9. The first-order valence-electron chi connectivity index (χ1n) is 8.97. The van der Waals surface area contributed by atoms with Gasteiger partial charge in [-0.25, -0.2) is 22.7 Å². The van der Waals surface area contributed by atoms with Crippen LogP contribution < -0.4 is 560 Å². The Morgan fingerprint density at radius 3 is 1.07 bits per heavy atom. The first kappa shape index (κ1) is 107. The Bertz CT molecular complexity index is 545. The second-order valence-electron chi connectivity index (χ2n) is 1.12. The van der Waals surface area contributed by atoms with Crippen LogP contribution in [0.3, 0.4) is 0 Å². The van der Waals surface area contributed by atoms with Gasteiger partial charge in [0.25, 0.3) is 0 Å². The molecule has 0 aromatic carbocycles. The molecule has 0 spiro atoms. The van der Waals surface area contributed by atoms with Gasteiger partial charge in [0.1, 0.15) is 8.47 Å². The number of hydrazine groups is 4. The van der Waals surface area contributed by atoms with Crippen LogP contribution in [0.1, 0.15) is 101 Å². The fraction of sp³-hybridized carbons (Fsp3) is 1.00. The topological polar surface area (TPSA) is 397 Å². The number of hydrogen-bond donors (Lipinski definition) is 9. The predicted molar refractivity (Wildman–Crippen MR) is 164 cm³/mol. The van der Waals surface area contributed by atoms with Crippen molar-refractivity contribution in [2.24, 2.45) is 65.7 Å². The summed E-state index contributed by atoms with van der Waals surface area (Å²) < 4.78 is 75.6. The van der Waals surface area contributed by atoms with Crippen molar-refractivity contribution in [1.29, 1.82) is 5.52 Å². The molecule has 242 valence electrons. The van der Waals surface area contributed by atoms with Crippen molar-refractivity contribution in [3.63, 3.8) is 0 Å². The molecule has 22 nitrogen and oxygen atoms in total. The van der Waals surface area contributed by atoms with Gasteiger partial charge < -0.3 is 52.9 Å². The molecule has 32 heteroatoms. The summed E-state index contributed by atoms with van der Waals surface area (Å²) in [6.45, 7) is 0. The summed E-state index contributed by atoms with van der Waals surface area (Å²) in [7, 11) is 0. The maximum absolute atomic E-state index is 7.15. The van der Waals surface area contributed by atoms with Gasteiger partial charge in [-0.2, -0.15) is 11.1 Å². The van der Waals surface area contributed by atoms with E-state index < -0.39 is 0 Å². The number of nitrogens with two attached hydrogens (primary N) is 5. The first-order valence-corrected chi connectivity index (χ1v) is 3.49. The van der Waals surface area contributed by atoms with Crippen molar-refractivity contribution >= 4 is 0 Å². The van der Waals surface area contributed by atoms with Crippen molar-refractivity contribution in [3.05, 3.63) is 33.8 Å². The first-order chi connectivity index (χ1) is 15.9. The van der Waals surface area contributed by atoms with Crippen LogP contribution in [-0.2, 0) is 0 Å². The largest absolute Gasteiger partial charge is 1.00 e. The van der Waals surface area contributed by atoms with Gasteiger partial charge in [0, 0.05) is 1.43 Å². The Labute approximate surface area is 730 Å². The van der Waals surface area contributed by atoms with Crippen molar-refractivity contribution in [1.82, 2.24) is 16.6 Å². The Balaban J connectivity index is -0.00000000555. The molecule has 0 atom stereocenters. The summed E-state index contributed by atoms with van der Waals surface area (Å²) in [5.41, 5.74) is 21.4. The summed E-state index contributed by atoms with van der Waals surface area (Å²) in [5.74, 6) is 13.9. The average molecular weight is 941 g/mol.